The highest BCUT2D eigenvalue weighted by atomic mass is 28.4. The van der Waals surface area contributed by atoms with Crippen molar-refractivity contribution in [2.45, 2.75) is 155 Å². The number of esters is 1. The van der Waals surface area contributed by atoms with Gasteiger partial charge in [0.1, 0.15) is 12.0 Å². The van der Waals surface area contributed by atoms with Gasteiger partial charge in [0.15, 0.2) is 14.1 Å². The van der Waals surface area contributed by atoms with Gasteiger partial charge in [-0.2, -0.15) is 0 Å². The smallest absolute Gasteiger partial charge is 0.307 e. The molecular weight excluding hydrogens is 506 g/mol. The van der Waals surface area contributed by atoms with Crippen LogP contribution in [-0.2, 0) is 14.0 Å². The SMILES string of the molecule is CCCCCCCCCCCCCC(=O)OC(c1ccco1)c1nc(C(CCC)O[Si](C)(C)C(C)(C)C)co1. The summed E-state index contributed by atoms with van der Waals surface area (Å²) in [5.41, 5.74) is 0.745. The van der Waals surface area contributed by atoms with Crippen LogP contribution in [0.15, 0.2) is 33.5 Å². The summed E-state index contributed by atoms with van der Waals surface area (Å²) in [6.07, 6.45) is 18.1. The molecule has 0 N–H and O–H groups in total. The van der Waals surface area contributed by atoms with Gasteiger partial charge in [0, 0.05) is 6.42 Å². The second kappa shape index (κ2) is 17.1. The molecule has 0 bridgehead atoms. The van der Waals surface area contributed by atoms with Crippen LogP contribution in [0.2, 0.25) is 18.1 Å². The highest BCUT2D eigenvalue weighted by Gasteiger charge is 2.40. The van der Waals surface area contributed by atoms with E-state index < -0.39 is 14.4 Å². The molecule has 7 heteroatoms. The van der Waals surface area contributed by atoms with Crippen molar-refractivity contribution in [3.8, 4) is 0 Å². The predicted molar refractivity (Wildman–Crippen MR) is 160 cm³/mol. The molecule has 39 heavy (non-hydrogen) atoms. The van der Waals surface area contributed by atoms with Gasteiger partial charge in [-0.05, 0) is 43.1 Å². The maximum atomic E-state index is 12.8. The van der Waals surface area contributed by atoms with Crippen LogP contribution in [-0.4, -0.2) is 19.3 Å². The fourth-order valence-corrected chi connectivity index (χ4v) is 5.73. The quantitative estimate of drug-likeness (QED) is 0.0909. The van der Waals surface area contributed by atoms with Crippen LogP contribution in [0.4, 0.5) is 0 Å². The second-order valence-corrected chi connectivity index (χ2v) is 17.2. The second-order valence-electron chi connectivity index (χ2n) is 12.4. The average Bonchev–Trinajstić information content (AvgIpc) is 3.58. The molecule has 0 saturated carbocycles. The van der Waals surface area contributed by atoms with Crippen molar-refractivity contribution in [3.63, 3.8) is 0 Å². The van der Waals surface area contributed by atoms with Gasteiger partial charge in [0.25, 0.3) is 0 Å². The van der Waals surface area contributed by atoms with Gasteiger partial charge in [-0.15, -0.1) is 0 Å². The predicted octanol–water partition coefficient (Wildman–Crippen LogP) is 10.5. The lowest BCUT2D eigenvalue weighted by Gasteiger charge is -2.38. The third-order valence-electron chi connectivity index (χ3n) is 7.92. The van der Waals surface area contributed by atoms with Gasteiger partial charge in [0.2, 0.25) is 12.0 Å². The first kappa shape index (κ1) is 33.3. The van der Waals surface area contributed by atoms with Crippen molar-refractivity contribution in [2.75, 3.05) is 0 Å². The van der Waals surface area contributed by atoms with E-state index in [2.05, 4.69) is 47.7 Å². The lowest BCUT2D eigenvalue weighted by molar-refractivity contribution is -0.149. The standard InChI is InChI=1S/C32H55NO5Si/c1-8-10-11-12-13-14-15-16-17-18-19-23-29(34)37-30(28-22-20-24-35-28)31-33-26(25-36-31)27(21-9-2)38-39(6,7)32(3,4)5/h20,22,24-25,27,30H,8-19,21,23H2,1-7H3. The first-order valence-corrected chi connectivity index (χ1v) is 18.4. The Morgan fingerprint density at radius 2 is 1.54 bits per heavy atom. The van der Waals surface area contributed by atoms with E-state index in [1.165, 1.54) is 57.8 Å². The zero-order valence-corrected chi connectivity index (χ0v) is 26.9. The van der Waals surface area contributed by atoms with Crippen molar-refractivity contribution < 1.29 is 22.8 Å². The third kappa shape index (κ3) is 11.6. The number of ether oxygens (including phenoxy) is 1. The van der Waals surface area contributed by atoms with Gasteiger partial charge in [0.05, 0.1) is 12.4 Å². The number of nitrogens with zero attached hydrogens (tertiary/aromatic N) is 1. The van der Waals surface area contributed by atoms with Gasteiger partial charge in [-0.25, -0.2) is 4.98 Å². The Bertz CT molecular complexity index is 915. The Morgan fingerprint density at radius 3 is 2.08 bits per heavy atom. The van der Waals surface area contributed by atoms with Crippen molar-refractivity contribution in [2.24, 2.45) is 0 Å². The number of furan rings is 1. The molecule has 2 atom stereocenters. The molecule has 2 heterocycles. The third-order valence-corrected chi connectivity index (χ3v) is 12.4. The maximum absolute atomic E-state index is 12.8. The number of hydrogen-bond acceptors (Lipinski definition) is 6. The van der Waals surface area contributed by atoms with Crippen molar-refractivity contribution in [3.05, 3.63) is 42.0 Å². The van der Waals surface area contributed by atoms with E-state index >= 15 is 0 Å². The van der Waals surface area contributed by atoms with E-state index in [1.54, 1.807) is 24.7 Å². The number of unbranched alkanes of at least 4 members (excludes halogenated alkanes) is 10. The van der Waals surface area contributed by atoms with E-state index in [0.717, 1.165) is 31.4 Å². The van der Waals surface area contributed by atoms with Crippen LogP contribution in [0, 0.1) is 0 Å². The van der Waals surface area contributed by atoms with Gasteiger partial charge in [-0.3, -0.25) is 4.79 Å². The molecule has 0 radical (unpaired) electrons. The molecule has 6 nitrogen and oxygen atoms in total. The Labute approximate surface area is 238 Å². The van der Waals surface area contributed by atoms with Crippen LogP contribution in [0.25, 0.3) is 0 Å². The first-order chi connectivity index (χ1) is 18.6. The molecule has 0 amide bonds. The average molecular weight is 562 g/mol. The molecule has 2 unspecified atom stereocenters. The summed E-state index contributed by atoms with van der Waals surface area (Å²) in [7, 11) is -2.01. The minimum atomic E-state index is -2.01. The van der Waals surface area contributed by atoms with Gasteiger partial charge < -0.3 is 18.0 Å². The summed E-state index contributed by atoms with van der Waals surface area (Å²) in [4.78, 5) is 17.5. The Balaban J connectivity index is 1.90. The molecule has 0 fully saturated rings. The molecule has 0 aromatic carbocycles. The largest absolute Gasteiger partial charge is 0.465 e. The highest BCUT2D eigenvalue weighted by molar-refractivity contribution is 6.74. The summed E-state index contributed by atoms with van der Waals surface area (Å²) >= 11 is 0. The van der Waals surface area contributed by atoms with Crippen LogP contribution < -0.4 is 0 Å². The van der Waals surface area contributed by atoms with Gasteiger partial charge >= 0.3 is 5.97 Å². The number of rotatable bonds is 20. The minimum Gasteiger partial charge on any atom is -0.465 e. The molecule has 0 aliphatic rings. The van der Waals surface area contributed by atoms with E-state index in [9.17, 15) is 4.79 Å². The van der Waals surface area contributed by atoms with Crippen LogP contribution in [0.3, 0.4) is 0 Å². The Hall–Kier alpha value is -1.86. The fourth-order valence-electron chi connectivity index (χ4n) is 4.43. The number of oxazole rings is 1. The van der Waals surface area contributed by atoms with E-state index in [1.807, 2.05) is 0 Å². The van der Waals surface area contributed by atoms with Crippen molar-refractivity contribution in [1.82, 2.24) is 4.98 Å². The lowest BCUT2D eigenvalue weighted by Crippen LogP contribution is -2.41. The molecule has 0 aliphatic heterocycles. The van der Waals surface area contributed by atoms with Crippen LogP contribution >= 0.6 is 0 Å². The lowest BCUT2D eigenvalue weighted by atomic mass is 10.1. The molecule has 0 saturated heterocycles. The Morgan fingerprint density at radius 1 is 0.923 bits per heavy atom. The zero-order valence-electron chi connectivity index (χ0n) is 25.9. The molecule has 0 spiro atoms. The van der Waals surface area contributed by atoms with E-state index in [4.69, 9.17) is 23.0 Å². The van der Waals surface area contributed by atoms with Crippen LogP contribution in [0.1, 0.15) is 154 Å². The summed E-state index contributed by atoms with van der Waals surface area (Å²) in [5.74, 6) is 0.579. The van der Waals surface area contributed by atoms with Gasteiger partial charge in [-0.1, -0.05) is 105 Å². The fraction of sp³-hybridized carbons (Fsp3) is 0.750. The normalized spacial score (nSPS) is 13.9. The molecule has 0 aliphatic carbocycles. The topological polar surface area (TPSA) is 74.7 Å². The zero-order chi connectivity index (χ0) is 28.7. The van der Waals surface area contributed by atoms with Crippen LogP contribution in [0.5, 0.6) is 0 Å². The number of carbonyl (C=O) groups is 1. The van der Waals surface area contributed by atoms with Crippen molar-refractivity contribution >= 4 is 14.3 Å². The monoisotopic (exact) mass is 561 g/mol. The molecule has 2 rings (SSSR count). The summed E-state index contributed by atoms with van der Waals surface area (Å²) in [6, 6.07) is 3.57. The van der Waals surface area contributed by atoms with Crippen molar-refractivity contribution in [1.29, 1.82) is 0 Å². The highest BCUT2D eigenvalue weighted by Crippen LogP contribution is 2.41. The van der Waals surface area contributed by atoms with E-state index in [-0.39, 0.29) is 17.1 Å². The first-order valence-electron chi connectivity index (χ1n) is 15.4. The minimum absolute atomic E-state index is 0.0893. The number of aromatic nitrogens is 1. The summed E-state index contributed by atoms with van der Waals surface area (Å²) in [5, 5.41) is 0.0893. The molecule has 222 valence electrons. The maximum Gasteiger partial charge on any atom is 0.307 e. The summed E-state index contributed by atoms with van der Waals surface area (Å²) in [6.45, 7) is 15.6. The Kier molecular flexibility index (Phi) is 14.6. The summed E-state index contributed by atoms with van der Waals surface area (Å²) < 4.78 is 24.0. The number of hydrogen-bond donors (Lipinski definition) is 0. The molecular formula is C32H55NO5Si. The van der Waals surface area contributed by atoms with E-state index in [0.29, 0.717) is 18.1 Å². The molecule has 2 aromatic rings. The molecule has 2 aromatic heterocycles. The number of carbonyl (C=O) groups excluding carboxylic acids is 1.